The van der Waals surface area contributed by atoms with Crippen LogP contribution in [-0.4, -0.2) is 56.8 Å². The topological polar surface area (TPSA) is 50.8 Å². The van der Waals surface area contributed by atoms with Gasteiger partial charge in [-0.3, -0.25) is 9.69 Å². The number of nitrogens with zero attached hydrogens (tertiary/aromatic N) is 1. The molecule has 2 rings (SSSR count). The first-order valence-corrected chi connectivity index (χ1v) is 7.96. The van der Waals surface area contributed by atoms with E-state index in [4.69, 9.17) is 9.47 Å². The van der Waals surface area contributed by atoms with Gasteiger partial charge >= 0.3 is 0 Å². The lowest BCUT2D eigenvalue weighted by atomic mass is 10.0. The van der Waals surface area contributed by atoms with Crippen LogP contribution in [0.25, 0.3) is 0 Å². The van der Waals surface area contributed by atoms with E-state index < -0.39 is 5.82 Å². The fourth-order valence-electron chi connectivity index (χ4n) is 2.85. The summed E-state index contributed by atoms with van der Waals surface area (Å²) in [4.78, 5) is 14.7. The molecule has 1 heterocycles. The molecular formula is C17H25FN2O3. The number of halogens is 1. The van der Waals surface area contributed by atoms with Gasteiger partial charge in [0.15, 0.2) is 0 Å². The maximum absolute atomic E-state index is 13.4. The van der Waals surface area contributed by atoms with Crippen LogP contribution in [0.1, 0.15) is 24.2 Å². The van der Waals surface area contributed by atoms with Crippen LogP contribution in [0.15, 0.2) is 18.2 Å². The lowest BCUT2D eigenvalue weighted by Gasteiger charge is -2.36. The van der Waals surface area contributed by atoms with Crippen LogP contribution >= 0.6 is 0 Å². The molecule has 1 N–H and O–H groups in total. The second-order valence-electron chi connectivity index (χ2n) is 6.01. The molecule has 1 aliphatic rings. The second kappa shape index (κ2) is 8.26. The fourth-order valence-corrected chi connectivity index (χ4v) is 2.85. The standard InChI is InChI=1S/C17H25FN2O3/c1-12(2)15(20-6-8-23-9-7-20)11-19-17(21)14-10-13(18)4-5-16(14)22-3/h4-5,10,12,15H,6-9,11H2,1-3H3,(H,19,21). The quantitative estimate of drug-likeness (QED) is 0.869. The molecule has 1 amide bonds. The van der Waals surface area contributed by atoms with Gasteiger partial charge < -0.3 is 14.8 Å². The van der Waals surface area contributed by atoms with Gasteiger partial charge in [-0.25, -0.2) is 4.39 Å². The van der Waals surface area contributed by atoms with Crippen LogP contribution < -0.4 is 10.1 Å². The number of nitrogens with one attached hydrogen (secondary N) is 1. The van der Waals surface area contributed by atoms with Gasteiger partial charge in [-0.15, -0.1) is 0 Å². The molecule has 1 aliphatic heterocycles. The molecule has 5 nitrogen and oxygen atoms in total. The van der Waals surface area contributed by atoms with Crippen LogP contribution in [-0.2, 0) is 4.74 Å². The van der Waals surface area contributed by atoms with E-state index in [1.165, 1.54) is 25.3 Å². The van der Waals surface area contributed by atoms with E-state index in [1.54, 1.807) is 0 Å². The average Bonchev–Trinajstić information content (AvgIpc) is 2.55. The highest BCUT2D eigenvalue weighted by Crippen LogP contribution is 2.19. The fraction of sp³-hybridized carbons (Fsp3) is 0.588. The van der Waals surface area contributed by atoms with E-state index in [0.29, 0.717) is 18.2 Å². The average molecular weight is 324 g/mol. The molecule has 0 aromatic heterocycles. The number of carbonyl (C=O) groups excluding carboxylic acids is 1. The molecule has 1 fully saturated rings. The molecule has 6 heteroatoms. The van der Waals surface area contributed by atoms with Gasteiger partial charge in [-0.05, 0) is 24.1 Å². The van der Waals surface area contributed by atoms with Crippen molar-refractivity contribution in [1.82, 2.24) is 10.2 Å². The van der Waals surface area contributed by atoms with Gasteiger partial charge in [-0.2, -0.15) is 0 Å². The zero-order chi connectivity index (χ0) is 16.8. The van der Waals surface area contributed by atoms with E-state index in [9.17, 15) is 9.18 Å². The molecule has 0 saturated carbocycles. The van der Waals surface area contributed by atoms with Gasteiger partial charge in [0.2, 0.25) is 0 Å². The Balaban J connectivity index is 2.02. The van der Waals surface area contributed by atoms with Gasteiger partial charge in [0.05, 0.1) is 25.9 Å². The highest BCUT2D eigenvalue weighted by Gasteiger charge is 2.25. The number of morpholine rings is 1. The molecule has 0 bridgehead atoms. The Morgan fingerprint density at radius 2 is 2.09 bits per heavy atom. The number of amides is 1. The van der Waals surface area contributed by atoms with Crippen molar-refractivity contribution < 1.29 is 18.7 Å². The van der Waals surface area contributed by atoms with Crippen molar-refractivity contribution in [2.24, 2.45) is 5.92 Å². The Bertz CT molecular complexity index is 531. The minimum Gasteiger partial charge on any atom is -0.496 e. The van der Waals surface area contributed by atoms with E-state index in [1.807, 2.05) is 0 Å². The Kier molecular flexibility index (Phi) is 6.36. The van der Waals surface area contributed by atoms with Crippen LogP contribution in [0.5, 0.6) is 5.75 Å². The van der Waals surface area contributed by atoms with Crippen molar-refractivity contribution in [3.63, 3.8) is 0 Å². The molecule has 0 radical (unpaired) electrons. The predicted molar refractivity (Wildman–Crippen MR) is 86.3 cm³/mol. The minimum atomic E-state index is -0.454. The Morgan fingerprint density at radius 1 is 1.39 bits per heavy atom. The maximum Gasteiger partial charge on any atom is 0.255 e. The molecule has 1 saturated heterocycles. The molecule has 128 valence electrons. The van der Waals surface area contributed by atoms with Gasteiger partial charge in [0.25, 0.3) is 5.91 Å². The summed E-state index contributed by atoms with van der Waals surface area (Å²) in [5.41, 5.74) is 0.219. The third-order valence-corrected chi connectivity index (χ3v) is 4.16. The molecule has 0 aliphatic carbocycles. The maximum atomic E-state index is 13.4. The zero-order valence-electron chi connectivity index (χ0n) is 14.0. The van der Waals surface area contributed by atoms with Gasteiger partial charge in [0.1, 0.15) is 11.6 Å². The SMILES string of the molecule is COc1ccc(F)cc1C(=O)NCC(C(C)C)N1CCOCC1. The van der Waals surface area contributed by atoms with Crippen molar-refractivity contribution in [3.8, 4) is 5.75 Å². The normalized spacial score (nSPS) is 17.1. The van der Waals surface area contributed by atoms with E-state index in [0.717, 1.165) is 26.3 Å². The van der Waals surface area contributed by atoms with Crippen LogP contribution in [0.4, 0.5) is 4.39 Å². The lowest BCUT2D eigenvalue weighted by Crippen LogP contribution is -2.51. The second-order valence-corrected chi connectivity index (χ2v) is 6.01. The molecule has 1 aromatic rings. The summed E-state index contributed by atoms with van der Waals surface area (Å²) >= 11 is 0. The number of hydrogen-bond acceptors (Lipinski definition) is 4. The first-order valence-electron chi connectivity index (χ1n) is 7.96. The summed E-state index contributed by atoms with van der Waals surface area (Å²) in [6.07, 6.45) is 0. The summed E-state index contributed by atoms with van der Waals surface area (Å²) in [5.74, 6) is -0.0102. The Morgan fingerprint density at radius 3 is 2.70 bits per heavy atom. The van der Waals surface area contributed by atoms with Gasteiger partial charge in [-0.1, -0.05) is 13.8 Å². The number of benzene rings is 1. The molecule has 0 spiro atoms. The number of ether oxygens (including phenoxy) is 2. The van der Waals surface area contributed by atoms with Crippen molar-refractivity contribution in [3.05, 3.63) is 29.6 Å². The summed E-state index contributed by atoms with van der Waals surface area (Å²) in [6, 6.07) is 4.17. The summed E-state index contributed by atoms with van der Waals surface area (Å²) < 4.78 is 23.9. The number of carbonyl (C=O) groups is 1. The monoisotopic (exact) mass is 324 g/mol. The Labute approximate surface area is 136 Å². The van der Waals surface area contributed by atoms with Crippen LogP contribution in [0, 0.1) is 11.7 Å². The highest BCUT2D eigenvalue weighted by atomic mass is 19.1. The van der Waals surface area contributed by atoms with E-state index >= 15 is 0 Å². The van der Waals surface area contributed by atoms with Gasteiger partial charge in [0, 0.05) is 25.7 Å². The predicted octanol–water partition coefficient (Wildman–Crippen LogP) is 1.92. The summed E-state index contributed by atoms with van der Waals surface area (Å²) in [7, 11) is 1.47. The third-order valence-electron chi connectivity index (χ3n) is 4.16. The first kappa shape index (κ1) is 17.7. The van der Waals surface area contributed by atoms with E-state index in [-0.39, 0.29) is 17.5 Å². The molecule has 1 unspecified atom stereocenters. The highest BCUT2D eigenvalue weighted by molar-refractivity contribution is 5.96. The zero-order valence-corrected chi connectivity index (χ0v) is 14.0. The number of hydrogen-bond donors (Lipinski definition) is 1. The molecule has 1 atom stereocenters. The van der Waals surface area contributed by atoms with Crippen molar-refractivity contribution in [2.45, 2.75) is 19.9 Å². The number of rotatable bonds is 6. The molecule has 23 heavy (non-hydrogen) atoms. The third kappa shape index (κ3) is 4.65. The van der Waals surface area contributed by atoms with Crippen molar-refractivity contribution >= 4 is 5.91 Å². The summed E-state index contributed by atoms with van der Waals surface area (Å²) in [6.45, 7) is 7.94. The van der Waals surface area contributed by atoms with Crippen molar-refractivity contribution in [2.75, 3.05) is 40.0 Å². The summed E-state index contributed by atoms with van der Waals surface area (Å²) in [5, 5.41) is 2.91. The van der Waals surface area contributed by atoms with Crippen molar-refractivity contribution in [1.29, 1.82) is 0 Å². The first-order chi connectivity index (χ1) is 11.0. The number of methoxy groups -OCH3 is 1. The van der Waals surface area contributed by atoms with Crippen LogP contribution in [0.2, 0.25) is 0 Å². The smallest absolute Gasteiger partial charge is 0.255 e. The molecule has 1 aromatic carbocycles. The lowest BCUT2D eigenvalue weighted by molar-refractivity contribution is 0.00672. The van der Waals surface area contributed by atoms with E-state index in [2.05, 4.69) is 24.1 Å². The van der Waals surface area contributed by atoms with Crippen LogP contribution in [0.3, 0.4) is 0 Å². The molecular weight excluding hydrogens is 299 g/mol. The largest absolute Gasteiger partial charge is 0.496 e. The minimum absolute atomic E-state index is 0.219. The Hall–Kier alpha value is -1.66.